The van der Waals surface area contributed by atoms with Crippen LogP contribution in [-0.4, -0.2) is 14.7 Å². The smallest absolute Gasteiger partial charge is 0.153 e. The Bertz CT molecular complexity index is 760. The first-order valence-electron chi connectivity index (χ1n) is 10.0. The highest BCUT2D eigenvalue weighted by Crippen LogP contribution is 2.41. The van der Waals surface area contributed by atoms with Crippen LogP contribution in [0.25, 0.3) is 0 Å². The fraction of sp³-hybridized carbons (Fsp3) is 0.231. The Balaban J connectivity index is 2.23. The summed E-state index contributed by atoms with van der Waals surface area (Å²) in [4.78, 5) is 0. The molecule has 144 valence electrons. The Labute approximate surface area is 170 Å². The molecule has 0 aliphatic carbocycles. The second-order valence-electron chi connectivity index (χ2n) is 7.87. The lowest BCUT2D eigenvalue weighted by Crippen LogP contribution is -2.72. The Morgan fingerprint density at radius 2 is 1.14 bits per heavy atom. The monoisotopic (exact) mass is 386 g/mol. The van der Waals surface area contributed by atoms with Crippen LogP contribution in [0.2, 0.25) is 5.04 Å². The van der Waals surface area contributed by atoms with Crippen LogP contribution in [-0.2, 0) is 4.74 Å². The molecule has 0 aromatic heterocycles. The van der Waals surface area contributed by atoms with Gasteiger partial charge in [-0.3, -0.25) is 0 Å². The Hall–Kier alpha value is -2.58. The summed E-state index contributed by atoms with van der Waals surface area (Å²) in [6, 6.07) is 33.4. The molecule has 0 heterocycles. The molecule has 28 heavy (non-hydrogen) atoms. The van der Waals surface area contributed by atoms with E-state index in [0.29, 0.717) is 0 Å². The normalized spacial score (nSPS) is 11.8. The van der Waals surface area contributed by atoms with Crippen molar-refractivity contribution in [3.05, 3.63) is 104 Å². The molecule has 2 heteroatoms. The lowest BCUT2D eigenvalue weighted by Gasteiger charge is -2.47. The van der Waals surface area contributed by atoms with Crippen molar-refractivity contribution in [2.45, 2.75) is 31.7 Å². The van der Waals surface area contributed by atoms with Crippen LogP contribution < -0.4 is 15.6 Å². The fourth-order valence-electron chi connectivity index (χ4n) is 4.60. The van der Waals surface area contributed by atoms with Gasteiger partial charge >= 0.3 is 0 Å². The summed E-state index contributed by atoms with van der Waals surface area (Å²) in [5.74, 6) is 0. The Kier molecular flexibility index (Phi) is 6.53. The summed E-state index contributed by atoms with van der Waals surface area (Å²) in [6.07, 6.45) is 3.65. The molecule has 0 amide bonds. The summed E-state index contributed by atoms with van der Waals surface area (Å²) in [5, 5.41) is 4.48. The van der Waals surface area contributed by atoms with E-state index in [-0.39, 0.29) is 5.04 Å². The zero-order valence-electron chi connectivity index (χ0n) is 17.0. The predicted octanol–water partition coefficient (Wildman–Crippen LogP) is 4.88. The SMILES string of the molecule is C=COCCCC(C)(C)[Si](c1ccccc1)(c1ccccc1)c1ccccc1. The predicted molar refractivity (Wildman–Crippen MR) is 123 cm³/mol. The van der Waals surface area contributed by atoms with Gasteiger partial charge in [-0.25, -0.2) is 0 Å². The zero-order chi connectivity index (χ0) is 19.9. The summed E-state index contributed by atoms with van der Waals surface area (Å²) in [5.41, 5.74) is 0. The molecule has 3 aromatic carbocycles. The second kappa shape index (κ2) is 9.07. The van der Waals surface area contributed by atoms with Crippen molar-refractivity contribution >= 4 is 23.6 Å². The van der Waals surface area contributed by atoms with E-state index in [0.717, 1.165) is 19.4 Å². The van der Waals surface area contributed by atoms with Crippen LogP contribution in [0.4, 0.5) is 0 Å². The van der Waals surface area contributed by atoms with Crippen molar-refractivity contribution in [1.82, 2.24) is 0 Å². The quantitative estimate of drug-likeness (QED) is 0.220. The number of ether oxygens (including phenoxy) is 1. The van der Waals surface area contributed by atoms with Gasteiger partial charge in [0.05, 0.1) is 12.9 Å². The lowest BCUT2D eigenvalue weighted by atomic mass is 10.1. The van der Waals surface area contributed by atoms with Gasteiger partial charge in [-0.05, 0) is 33.4 Å². The first-order chi connectivity index (χ1) is 13.6. The van der Waals surface area contributed by atoms with Crippen molar-refractivity contribution in [3.8, 4) is 0 Å². The van der Waals surface area contributed by atoms with Gasteiger partial charge in [0.2, 0.25) is 0 Å². The molecular weight excluding hydrogens is 356 g/mol. The summed E-state index contributed by atoms with van der Waals surface area (Å²) >= 11 is 0. The average molecular weight is 387 g/mol. The molecule has 0 saturated carbocycles. The highest BCUT2D eigenvalue weighted by Gasteiger charge is 2.50. The maximum atomic E-state index is 5.44. The van der Waals surface area contributed by atoms with Crippen LogP contribution in [0.1, 0.15) is 26.7 Å². The van der Waals surface area contributed by atoms with Crippen molar-refractivity contribution in [1.29, 1.82) is 0 Å². The minimum atomic E-state index is -2.29. The van der Waals surface area contributed by atoms with E-state index in [1.807, 2.05) is 0 Å². The fourth-order valence-corrected chi connectivity index (χ4v) is 10.6. The molecule has 0 N–H and O–H groups in total. The first-order valence-corrected chi connectivity index (χ1v) is 12.0. The van der Waals surface area contributed by atoms with Gasteiger partial charge in [0, 0.05) is 0 Å². The summed E-state index contributed by atoms with van der Waals surface area (Å²) in [6.45, 7) is 9.28. The van der Waals surface area contributed by atoms with E-state index in [4.69, 9.17) is 4.74 Å². The number of hydrogen-bond acceptors (Lipinski definition) is 1. The molecule has 0 spiro atoms. The molecule has 0 unspecified atom stereocenters. The highest BCUT2D eigenvalue weighted by atomic mass is 28.3. The third kappa shape index (κ3) is 3.83. The van der Waals surface area contributed by atoms with E-state index in [1.165, 1.54) is 15.6 Å². The van der Waals surface area contributed by atoms with Crippen molar-refractivity contribution in [2.24, 2.45) is 0 Å². The number of rotatable bonds is 9. The minimum absolute atomic E-state index is 0.0988. The molecule has 0 fully saturated rings. The molecule has 0 aliphatic rings. The molecule has 0 aliphatic heterocycles. The van der Waals surface area contributed by atoms with Gasteiger partial charge in [-0.1, -0.05) is 111 Å². The van der Waals surface area contributed by atoms with Gasteiger partial charge < -0.3 is 4.74 Å². The van der Waals surface area contributed by atoms with Crippen molar-refractivity contribution in [2.75, 3.05) is 6.61 Å². The third-order valence-corrected chi connectivity index (χ3v) is 11.7. The van der Waals surface area contributed by atoms with E-state index in [9.17, 15) is 0 Å². The molecule has 0 atom stereocenters. The Morgan fingerprint density at radius 1 is 0.750 bits per heavy atom. The van der Waals surface area contributed by atoms with E-state index >= 15 is 0 Å². The third-order valence-electron chi connectivity index (χ3n) is 5.82. The van der Waals surface area contributed by atoms with Gasteiger partial charge in [-0.15, -0.1) is 0 Å². The topological polar surface area (TPSA) is 9.23 Å². The molecule has 3 rings (SSSR count). The van der Waals surface area contributed by atoms with Crippen LogP contribution in [0.3, 0.4) is 0 Å². The molecule has 1 nitrogen and oxygen atoms in total. The molecule has 0 saturated heterocycles. The zero-order valence-corrected chi connectivity index (χ0v) is 18.0. The van der Waals surface area contributed by atoms with Crippen molar-refractivity contribution in [3.63, 3.8) is 0 Å². The largest absolute Gasteiger partial charge is 0.502 e. The number of hydrogen-bond donors (Lipinski definition) is 0. The van der Waals surface area contributed by atoms with Crippen LogP contribution in [0, 0.1) is 0 Å². The van der Waals surface area contributed by atoms with Gasteiger partial charge in [0.25, 0.3) is 0 Å². The van der Waals surface area contributed by atoms with Crippen LogP contribution >= 0.6 is 0 Å². The number of benzene rings is 3. The van der Waals surface area contributed by atoms with E-state index in [1.54, 1.807) is 6.26 Å². The Morgan fingerprint density at radius 3 is 1.50 bits per heavy atom. The van der Waals surface area contributed by atoms with Crippen molar-refractivity contribution < 1.29 is 4.74 Å². The molecule has 0 radical (unpaired) electrons. The highest BCUT2D eigenvalue weighted by molar-refractivity contribution is 7.13. The van der Waals surface area contributed by atoms with E-state index in [2.05, 4.69) is 111 Å². The van der Waals surface area contributed by atoms with Crippen LogP contribution in [0.5, 0.6) is 0 Å². The summed E-state index contributed by atoms with van der Waals surface area (Å²) in [7, 11) is -2.29. The minimum Gasteiger partial charge on any atom is -0.502 e. The van der Waals surface area contributed by atoms with Gasteiger partial charge in [-0.2, -0.15) is 0 Å². The van der Waals surface area contributed by atoms with Gasteiger partial charge in [0.15, 0.2) is 8.07 Å². The lowest BCUT2D eigenvalue weighted by molar-refractivity contribution is 0.238. The second-order valence-corrected chi connectivity index (χ2v) is 12.5. The standard InChI is InChI=1S/C26H30OSi/c1-4-27-22-14-21-26(2,3)28(23-15-8-5-9-16-23,24-17-10-6-11-18-24)25-19-12-7-13-20-25/h4-13,15-20H,1,14,21-22H2,2-3H3. The molecule has 3 aromatic rings. The maximum absolute atomic E-state index is 5.44. The average Bonchev–Trinajstić information content (AvgIpc) is 2.74. The summed E-state index contributed by atoms with van der Waals surface area (Å²) < 4.78 is 5.44. The molecule has 0 bridgehead atoms. The van der Waals surface area contributed by atoms with Crippen LogP contribution in [0.15, 0.2) is 104 Å². The first kappa shape index (κ1) is 20.2. The molecular formula is C26H30OSi. The van der Waals surface area contributed by atoms with E-state index < -0.39 is 8.07 Å². The van der Waals surface area contributed by atoms with Gasteiger partial charge in [0.1, 0.15) is 0 Å². The maximum Gasteiger partial charge on any atom is 0.153 e.